The normalized spacial score (nSPS) is 15.1. The summed E-state index contributed by atoms with van der Waals surface area (Å²) in [7, 11) is -2.45. The quantitative estimate of drug-likeness (QED) is 0.166. The molecule has 3 heteroatoms. The van der Waals surface area contributed by atoms with Crippen LogP contribution in [0.15, 0.2) is 36.4 Å². The molecular formula is C45H69Si3. The van der Waals surface area contributed by atoms with Gasteiger partial charge in [-0.3, -0.25) is 0 Å². The zero-order valence-corrected chi connectivity index (χ0v) is 37.2. The molecule has 0 amide bonds. The van der Waals surface area contributed by atoms with Gasteiger partial charge in [-0.2, -0.15) is 0 Å². The van der Waals surface area contributed by atoms with E-state index in [4.69, 9.17) is 0 Å². The van der Waals surface area contributed by atoms with Gasteiger partial charge in [-0.25, -0.2) is 0 Å². The molecule has 3 radical (unpaired) electrons. The predicted molar refractivity (Wildman–Crippen MR) is 222 cm³/mol. The maximum absolute atomic E-state index is 2.66. The van der Waals surface area contributed by atoms with Gasteiger partial charge in [-0.15, -0.1) is 0 Å². The van der Waals surface area contributed by atoms with Crippen molar-refractivity contribution in [1.82, 2.24) is 0 Å². The first-order valence-corrected chi connectivity index (χ1v) is 27.0. The van der Waals surface area contributed by atoms with Crippen LogP contribution < -0.4 is 15.6 Å². The topological polar surface area (TPSA) is 0 Å². The maximum Gasteiger partial charge on any atom is 0.0719 e. The monoisotopic (exact) mass is 693 g/mol. The van der Waals surface area contributed by atoms with E-state index in [1.807, 2.05) is 15.6 Å². The second-order valence-corrected chi connectivity index (χ2v) is 35.0. The highest BCUT2D eigenvalue weighted by Gasteiger charge is 2.61. The zero-order chi connectivity index (χ0) is 36.1. The Balaban J connectivity index is 2.22. The van der Waals surface area contributed by atoms with Crippen molar-refractivity contribution in [3.8, 4) is 0 Å². The Bertz CT molecular complexity index is 1300. The molecule has 1 aliphatic heterocycles. The lowest BCUT2D eigenvalue weighted by Gasteiger charge is -2.25. The Morgan fingerprint density at radius 3 is 0.500 bits per heavy atom. The van der Waals surface area contributed by atoms with E-state index in [1.54, 1.807) is 33.4 Å². The van der Waals surface area contributed by atoms with Crippen molar-refractivity contribution in [2.45, 2.75) is 178 Å². The molecule has 1 heterocycles. The molecule has 1 saturated heterocycles. The molecule has 1 fully saturated rings. The van der Waals surface area contributed by atoms with Crippen LogP contribution in [0.5, 0.6) is 0 Å². The van der Waals surface area contributed by atoms with Gasteiger partial charge in [0.25, 0.3) is 0 Å². The Morgan fingerprint density at radius 1 is 0.250 bits per heavy atom. The molecule has 0 aliphatic carbocycles. The summed E-state index contributed by atoms with van der Waals surface area (Å²) in [5.41, 5.74) is 14.7. The SMILES string of the molecule is CC(C)c1cc(C(C)C)c([Si]2[Si](c3c(C(C)C)cc(C(C)C)cc3C(C)C)[Si]2c2c(C(C)C)cc(C(C)C)cc2C(C)C)c(C(C)C)c1. The van der Waals surface area contributed by atoms with Crippen molar-refractivity contribution in [2.75, 3.05) is 0 Å². The first kappa shape index (κ1) is 39.1. The standard InChI is InChI=1S/C45H69Si3/c1-25(2)34-19-37(28(7)8)43(38(20-34)29(9)10)46-47(44-39(30(11)12)21-35(26(3)4)22-40(44)31(13)14)48(46)45-41(32(15)16)23-36(27(5)6)24-42(45)33(17)18/h19-33H,1-18H3. The van der Waals surface area contributed by atoms with Crippen molar-refractivity contribution in [3.05, 3.63) is 86.5 Å². The lowest BCUT2D eigenvalue weighted by atomic mass is 9.89. The average molecular weight is 694 g/mol. The lowest BCUT2D eigenvalue weighted by molar-refractivity contribution is 0.812. The number of benzene rings is 3. The molecule has 0 bridgehead atoms. The van der Waals surface area contributed by atoms with E-state index in [0.717, 1.165) is 0 Å². The minimum absolute atomic E-state index is 0.538. The largest absolute Gasteiger partial charge is 0.0719 e. The second kappa shape index (κ2) is 15.3. The third kappa shape index (κ3) is 7.64. The van der Waals surface area contributed by atoms with Gasteiger partial charge in [0.05, 0.1) is 23.5 Å². The van der Waals surface area contributed by atoms with Crippen LogP contribution in [0.1, 0.15) is 228 Å². The Kier molecular flexibility index (Phi) is 12.4. The minimum Gasteiger partial charge on any atom is -0.0606 e. The highest BCUT2D eigenvalue weighted by molar-refractivity contribution is 8.03. The predicted octanol–water partition coefficient (Wildman–Crippen LogP) is 11.6. The Labute approximate surface area is 302 Å². The van der Waals surface area contributed by atoms with Crippen LogP contribution in [0.25, 0.3) is 0 Å². The summed E-state index contributed by atoms with van der Waals surface area (Å²) >= 11 is 0. The second-order valence-electron chi connectivity index (χ2n) is 17.7. The molecule has 0 N–H and O–H groups in total. The summed E-state index contributed by atoms with van der Waals surface area (Å²) in [4.78, 5) is 0. The van der Waals surface area contributed by atoms with Crippen LogP contribution in [0.3, 0.4) is 0 Å². The van der Waals surface area contributed by atoms with Gasteiger partial charge in [0.1, 0.15) is 0 Å². The minimum atomic E-state index is -0.816. The van der Waals surface area contributed by atoms with E-state index in [1.165, 1.54) is 16.7 Å². The molecule has 0 unspecified atom stereocenters. The molecule has 0 saturated carbocycles. The fourth-order valence-corrected chi connectivity index (χ4v) is 39.5. The molecule has 0 atom stereocenters. The van der Waals surface area contributed by atoms with Gasteiger partial charge < -0.3 is 0 Å². The molecule has 0 aromatic heterocycles. The molecule has 48 heavy (non-hydrogen) atoms. The first-order valence-electron chi connectivity index (χ1n) is 19.5. The van der Waals surface area contributed by atoms with Crippen LogP contribution in [0, 0.1) is 0 Å². The molecule has 3 aromatic rings. The zero-order valence-electron chi connectivity index (χ0n) is 34.2. The molecule has 3 aromatic carbocycles. The fraction of sp³-hybridized carbons (Fsp3) is 0.600. The van der Waals surface area contributed by atoms with Crippen molar-refractivity contribution in [1.29, 1.82) is 0 Å². The summed E-state index contributed by atoms with van der Waals surface area (Å²) in [6.07, 6.45) is 0. The Hall–Kier alpha value is -1.69. The third-order valence-electron chi connectivity index (χ3n) is 10.8. The van der Waals surface area contributed by atoms with E-state index in [9.17, 15) is 0 Å². The van der Waals surface area contributed by atoms with Crippen LogP contribution in [-0.2, 0) is 0 Å². The van der Waals surface area contributed by atoms with E-state index < -0.39 is 23.5 Å². The van der Waals surface area contributed by atoms with Crippen molar-refractivity contribution in [2.24, 2.45) is 0 Å². The van der Waals surface area contributed by atoms with Crippen LogP contribution in [0.2, 0.25) is 0 Å². The number of hydrogen-bond donors (Lipinski definition) is 0. The molecule has 261 valence electrons. The maximum atomic E-state index is 2.66. The third-order valence-corrected chi connectivity index (χ3v) is 33.1. The number of hydrogen-bond acceptors (Lipinski definition) is 0. The lowest BCUT2D eigenvalue weighted by Crippen LogP contribution is -2.38. The van der Waals surface area contributed by atoms with E-state index in [0.29, 0.717) is 53.3 Å². The molecule has 0 spiro atoms. The van der Waals surface area contributed by atoms with Crippen molar-refractivity contribution >= 4 is 39.1 Å². The Morgan fingerprint density at radius 2 is 0.396 bits per heavy atom. The number of rotatable bonds is 12. The highest BCUT2D eigenvalue weighted by atomic mass is 30.1. The molecule has 4 rings (SSSR count). The summed E-state index contributed by atoms with van der Waals surface area (Å²) in [6, 6.07) is 16.0. The smallest absolute Gasteiger partial charge is 0.0606 e. The molecular weight excluding hydrogens is 625 g/mol. The van der Waals surface area contributed by atoms with Gasteiger partial charge in [-0.05, 0) is 103 Å². The van der Waals surface area contributed by atoms with Gasteiger partial charge in [0, 0.05) is 0 Å². The van der Waals surface area contributed by atoms with Gasteiger partial charge >= 0.3 is 0 Å². The average Bonchev–Trinajstić information content (AvgIpc) is 3.72. The van der Waals surface area contributed by atoms with Gasteiger partial charge in [-0.1, -0.05) is 177 Å². The van der Waals surface area contributed by atoms with Crippen LogP contribution >= 0.6 is 0 Å². The summed E-state index contributed by atoms with van der Waals surface area (Å²) in [5.74, 6) is 4.87. The molecule has 1 aliphatic rings. The molecule has 0 nitrogen and oxygen atoms in total. The summed E-state index contributed by atoms with van der Waals surface area (Å²) < 4.78 is 0. The van der Waals surface area contributed by atoms with E-state index in [-0.39, 0.29) is 0 Å². The van der Waals surface area contributed by atoms with E-state index in [2.05, 4.69) is 161 Å². The summed E-state index contributed by atoms with van der Waals surface area (Å²) in [5, 5.41) is 5.60. The van der Waals surface area contributed by atoms with Crippen molar-refractivity contribution < 1.29 is 0 Å². The van der Waals surface area contributed by atoms with E-state index >= 15 is 0 Å². The highest BCUT2D eigenvalue weighted by Crippen LogP contribution is 2.37. The van der Waals surface area contributed by atoms with Crippen LogP contribution in [0.4, 0.5) is 0 Å². The van der Waals surface area contributed by atoms with Crippen molar-refractivity contribution in [3.63, 3.8) is 0 Å². The summed E-state index contributed by atoms with van der Waals surface area (Å²) in [6.45, 7) is 44.0. The fourth-order valence-electron chi connectivity index (χ4n) is 7.67. The first-order chi connectivity index (χ1) is 22.3. The van der Waals surface area contributed by atoms with Gasteiger partial charge in [0.15, 0.2) is 0 Å². The van der Waals surface area contributed by atoms with Gasteiger partial charge in [0.2, 0.25) is 0 Å². The van der Waals surface area contributed by atoms with Crippen LogP contribution in [-0.4, -0.2) is 23.5 Å².